The maximum atomic E-state index is 11.4. The van der Waals surface area contributed by atoms with Crippen molar-refractivity contribution in [3.8, 4) is 0 Å². The summed E-state index contributed by atoms with van der Waals surface area (Å²) in [5.41, 5.74) is 1.55. The van der Waals surface area contributed by atoms with E-state index in [1.54, 1.807) is 29.4 Å². The number of nitrogens with zero attached hydrogens (tertiary/aromatic N) is 1. The predicted molar refractivity (Wildman–Crippen MR) is 71.4 cm³/mol. The van der Waals surface area contributed by atoms with Gasteiger partial charge < -0.3 is 10.2 Å². The van der Waals surface area contributed by atoms with E-state index in [9.17, 15) is 4.79 Å². The average Bonchev–Trinajstić information content (AvgIpc) is 2.83. The van der Waals surface area contributed by atoms with Crippen molar-refractivity contribution in [2.24, 2.45) is 0 Å². The highest BCUT2D eigenvalue weighted by Gasteiger charge is 2.14. The molecule has 2 rings (SSSR count). The van der Waals surface area contributed by atoms with Gasteiger partial charge in [0.15, 0.2) is 0 Å². The minimum absolute atomic E-state index is 0.186. The molecule has 0 bridgehead atoms. The summed E-state index contributed by atoms with van der Waals surface area (Å²) in [4.78, 5) is 16.0. The first-order valence-corrected chi connectivity index (χ1v) is 7.00. The number of fused-ring (bicyclic) bond motifs is 1. The fraction of sp³-hybridized carbons (Fsp3) is 0.615. The number of rotatable bonds is 5. The van der Waals surface area contributed by atoms with E-state index in [1.807, 2.05) is 11.3 Å². The molecule has 0 atom stereocenters. The van der Waals surface area contributed by atoms with Gasteiger partial charge in [-0.15, -0.1) is 11.3 Å². The molecule has 0 fully saturated rings. The highest BCUT2D eigenvalue weighted by Crippen LogP contribution is 2.30. The van der Waals surface area contributed by atoms with Crippen molar-refractivity contribution in [2.45, 2.75) is 32.2 Å². The maximum Gasteiger partial charge on any atom is 0.223 e. The largest absolute Gasteiger partial charge is 0.349 e. The van der Waals surface area contributed by atoms with Crippen molar-refractivity contribution < 1.29 is 4.79 Å². The molecule has 0 spiro atoms. The van der Waals surface area contributed by atoms with E-state index in [0.717, 1.165) is 13.1 Å². The van der Waals surface area contributed by atoms with E-state index in [0.29, 0.717) is 6.42 Å². The number of hydrogen-bond donors (Lipinski definition) is 1. The molecule has 1 amide bonds. The lowest BCUT2D eigenvalue weighted by Gasteiger charge is -2.10. The van der Waals surface area contributed by atoms with E-state index in [-0.39, 0.29) is 5.91 Å². The first-order valence-electron chi connectivity index (χ1n) is 6.18. The zero-order valence-electron chi connectivity index (χ0n) is 10.6. The predicted octanol–water partition coefficient (Wildman–Crippen LogP) is 1.80. The first kappa shape index (κ1) is 12.6. The van der Waals surface area contributed by atoms with Crippen LogP contribution in [0.5, 0.6) is 0 Å². The number of hydrogen-bond acceptors (Lipinski definition) is 3. The molecule has 1 N–H and O–H groups in total. The van der Waals surface area contributed by atoms with Crippen LogP contribution in [0.4, 0.5) is 0 Å². The van der Waals surface area contributed by atoms with Gasteiger partial charge in [-0.25, -0.2) is 0 Å². The first-order chi connectivity index (χ1) is 8.16. The Bertz CT molecular complexity index is 377. The Morgan fingerprint density at radius 3 is 3.00 bits per heavy atom. The summed E-state index contributed by atoms with van der Waals surface area (Å²) >= 11 is 1.93. The van der Waals surface area contributed by atoms with Gasteiger partial charge in [0.05, 0.1) is 0 Å². The van der Waals surface area contributed by atoms with Crippen molar-refractivity contribution in [1.29, 1.82) is 0 Å². The van der Waals surface area contributed by atoms with E-state index >= 15 is 0 Å². The summed E-state index contributed by atoms with van der Waals surface area (Å²) in [5, 5.41) is 3.34. The van der Waals surface area contributed by atoms with Gasteiger partial charge in [-0.1, -0.05) is 0 Å². The molecule has 1 aliphatic carbocycles. The Labute approximate surface area is 107 Å². The Kier molecular flexibility index (Phi) is 4.18. The third-order valence-corrected chi connectivity index (χ3v) is 4.35. The van der Waals surface area contributed by atoms with Crippen molar-refractivity contribution in [2.75, 3.05) is 20.6 Å². The highest BCUT2D eigenvalue weighted by atomic mass is 32.1. The van der Waals surface area contributed by atoms with Gasteiger partial charge >= 0.3 is 0 Å². The molecule has 1 aromatic heterocycles. The van der Waals surface area contributed by atoms with Crippen LogP contribution in [0.3, 0.4) is 0 Å². The SMILES string of the molecule is CN(C)C(=O)CCNCc1cc2c(s1)CCC2. The fourth-order valence-electron chi connectivity index (χ4n) is 2.11. The molecule has 1 aliphatic rings. The second-order valence-corrected chi connectivity index (χ2v) is 5.95. The zero-order chi connectivity index (χ0) is 12.3. The van der Waals surface area contributed by atoms with Crippen LogP contribution in [0, 0.1) is 0 Å². The van der Waals surface area contributed by atoms with Crippen molar-refractivity contribution in [3.63, 3.8) is 0 Å². The quantitative estimate of drug-likeness (QED) is 0.811. The molecule has 1 aromatic rings. The zero-order valence-corrected chi connectivity index (χ0v) is 11.4. The molecule has 0 aromatic carbocycles. The summed E-state index contributed by atoms with van der Waals surface area (Å²) in [6, 6.07) is 2.33. The molecule has 4 heteroatoms. The summed E-state index contributed by atoms with van der Waals surface area (Å²) in [6.07, 6.45) is 4.42. The van der Waals surface area contributed by atoms with Gasteiger partial charge in [0.1, 0.15) is 0 Å². The maximum absolute atomic E-state index is 11.4. The third-order valence-electron chi connectivity index (χ3n) is 3.11. The molecule has 0 radical (unpaired) electrons. The number of nitrogens with one attached hydrogen (secondary N) is 1. The fourth-order valence-corrected chi connectivity index (χ4v) is 3.34. The van der Waals surface area contributed by atoms with Crippen molar-refractivity contribution in [3.05, 3.63) is 21.4 Å². The average molecular weight is 252 g/mol. The molecule has 0 saturated heterocycles. The lowest BCUT2D eigenvalue weighted by molar-refractivity contribution is -0.128. The Morgan fingerprint density at radius 2 is 2.29 bits per heavy atom. The number of carbonyl (C=O) groups excluding carboxylic acids is 1. The van der Waals surface area contributed by atoms with Crippen LogP contribution < -0.4 is 5.32 Å². The van der Waals surface area contributed by atoms with Crippen LogP contribution in [0.25, 0.3) is 0 Å². The number of carbonyl (C=O) groups is 1. The van der Waals surface area contributed by atoms with Gasteiger partial charge in [-0.05, 0) is 30.9 Å². The Morgan fingerprint density at radius 1 is 1.47 bits per heavy atom. The summed E-state index contributed by atoms with van der Waals surface area (Å²) < 4.78 is 0. The van der Waals surface area contributed by atoms with Crippen molar-refractivity contribution in [1.82, 2.24) is 10.2 Å². The van der Waals surface area contributed by atoms with Gasteiger partial charge in [-0.2, -0.15) is 0 Å². The van der Waals surface area contributed by atoms with Crippen LogP contribution in [-0.4, -0.2) is 31.4 Å². The summed E-state index contributed by atoms with van der Waals surface area (Å²) in [5.74, 6) is 0.186. The molecule has 94 valence electrons. The molecule has 3 nitrogen and oxygen atoms in total. The van der Waals surface area contributed by atoms with Crippen LogP contribution >= 0.6 is 11.3 Å². The second-order valence-electron chi connectivity index (χ2n) is 4.73. The molecule has 17 heavy (non-hydrogen) atoms. The van der Waals surface area contributed by atoms with Gasteiger partial charge in [0.2, 0.25) is 5.91 Å². The number of amides is 1. The Hall–Kier alpha value is -0.870. The second kappa shape index (κ2) is 5.65. The van der Waals surface area contributed by atoms with E-state index in [4.69, 9.17) is 0 Å². The lowest BCUT2D eigenvalue weighted by atomic mass is 10.2. The topological polar surface area (TPSA) is 32.3 Å². The highest BCUT2D eigenvalue weighted by molar-refractivity contribution is 7.12. The minimum atomic E-state index is 0.186. The van der Waals surface area contributed by atoms with E-state index in [1.165, 1.54) is 24.1 Å². The summed E-state index contributed by atoms with van der Waals surface area (Å²) in [6.45, 7) is 1.66. The third kappa shape index (κ3) is 3.30. The van der Waals surface area contributed by atoms with Crippen LogP contribution in [0.1, 0.15) is 28.2 Å². The normalized spacial score (nSPS) is 13.8. The van der Waals surface area contributed by atoms with Gasteiger partial charge in [0.25, 0.3) is 0 Å². The van der Waals surface area contributed by atoms with Crippen LogP contribution in [-0.2, 0) is 24.2 Å². The molecular formula is C13H20N2OS. The van der Waals surface area contributed by atoms with E-state index in [2.05, 4.69) is 11.4 Å². The standard InChI is InChI=1S/C13H20N2OS/c1-15(2)13(16)6-7-14-9-11-8-10-4-3-5-12(10)17-11/h8,14H,3-7,9H2,1-2H3. The molecule has 0 aliphatic heterocycles. The van der Waals surface area contributed by atoms with Crippen LogP contribution in [0.15, 0.2) is 6.07 Å². The summed E-state index contributed by atoms with van der Waals surface area (Å²) in [7, 11) is 3.60. The molecule has 0 saturated carbocycles. The smallest absolute Gasteiger partial charge is 0.223 e. The minimum Gasteiger partial charge on any atom is -0.349 e. The molecular weight excluding hydrogens is 232 g/mol. The number of thiophene rings is 1. The van der Waals surface area contributed by atoms with Crippen molar-refractivity contribution >= 4 is 17.2 Å². The van der Waals surface area contributed by atoms with Crippen LogP contribution in [0.2, 0.25) is 0 Å². The Balaban J connectivity index is 1.70. The van der Waals surface area contributed by atoms with E-state index < -0.39 is 0 Å². The molecule has 0 unspecified atom stereocenters. The van der Waals surface area contributed by atoms with Gasteiger partial charge in [0, 0.05) is 43.4 Å². The van der Waals surface area contributed by atoms with Gasteiger partial charge in [-0.3, -0.25) is 4.79 Å². The number of aryl methyl sites for hydroxylation is 2. The molecule has 1 heterocycles. The lowest BCUT2D eigenvalue weighted by Crippen LogP contribution is -2.26. The monoisotopic (exact) mass is 252 g/mol.